The number of aromatic nitrogens is 1. The fraction of sp³-hybridized carbons (Fsp3) is 0.217. The quantitative estimate of drug-likeness (QED) is 0.739. The van der Waals surface area contributed by atoms with Crippen molar-refractivity contribution in [1.29, 1.82) is 0 Å². The number of hydrogen-bond acceptors (Lipinski definition) is 3. The summed E-state index contributed by atoms with van der Waals surface area (Å²) in [4.78, 5) is 18.2. The first-order valence-corrected chi connectivity index (χ1v) is 9.81. The van der Waals surface area contributed by atoms with Gasteiger partial charge in [0.05, 0.1) is 5.69 Å². The molecule has 0 aliphatic carbocycles. The normalized spacial score (nSPS) is 17.4. The number of aryl methyl sites for hydroxylation is 1. The summed E-state index contributed by atoms with van der Waals surface area (Å²) in [5, 5.41) is 12.6. The van der Waals surface area contributed by atoms with Gasteiger partial charge in [-0.1, -0.05) is 35.9 Å². The summed E-state index contributed by atoms with van der Waals surface area (Å²) in [6.45, 7) is 0.718. The van der Waals surface area contributed by atoms with Gasteiger partial charge in [0.15, 0.2) is 0 Å². The molecule has 0 fully saturated rings. The average molecular weight is 391 g/mol. The maximum atomic E-state index is 12.2. The van der Waals surface area contributed by atoms with E-state index in [0.717, 1.165) is 40.9 Å². The van der Waals surface area contributed by atoms with E-state index >= 15 is 0 Å². The van der Waals surface area contributed by atoms with Crippen LogP contribution in [0.3, 0.4) is 0 Å². The van der Waals surface area contributed by atoms with Crippen molar-refractivity contribution in [2.75, 3.05) is 11.4 Å². The molecule has 5 heteroatoms. The van der Waals surface area contributed by atoms with E-state index in [1.807, 2.05) is 41.3 Å². The molecule has 1 unspecified atom stereocenters. The lowest BCUT2D eigenvalue weighted by molar-refractivity contribution is -0.118. The van der Waals surface area contributed by atoms with Crippen molar-refractivity contribution in [2.24, 2.45) is 0 Å². The van der Waals surface area contributed by atoms with Crippen LogP contribution in [0.1, 0.15) is 34.2 Å². The van der Waals surface area contributed by atoms with Crippen LogP contribution in [0.4, 0.5) is 5.69 Å². The average Bonchev–Trinajstić information content (AvgIpc) is 3.16. The maximum absolute atomic E-state index is 12.2. The Labute approximate surface area is 168 Å². The second-order valence-corrected chi connectivity index (χ2v) is 7.83. The Morgan fingerprint density at radius 3 is 2.43 bits per heavy atom. The standard InChI is InChI=1S/C23H19ClN2O2/c24-20-3-1-2-18(14-20)23(28,17-6-9-25-10-7-17)19-12-15-4-5-21(27)26-11-8-16(13-19)22(15)26/h1-3,6-7,9-10,12-14,28H,4-5,8,11H2. The van der Waals surface area contributed by atoms with E-state index in [2.05, 4.69) is 4.98 Å². The first kappa shape index (κ1) is 17.4. The first-order chi connectivity index (χ1) is 13.6. The lowest BCUT2D eigenvalue weighted by Crippen LogP contribution is -2.33. The van der Waals surface area contributed by atoms with Crippen LogP contribution in [0, 0.1) is 0 Å². The highest BCUT2D eigenvalue weighted by Crippen LogP contribution is 2.43. The third-order valence-corrected chi connectivity index (χ3v) is 6.05. The van der Waals surface area contributed by atoms with Gasteiger partial charge in [0.2, 0.25) is 5.91 Å². The second-order valence-electron chi connectivity index (χ2n) is 7.40. The highest BCUT2D eigenvalue weighted by molar-refractivity contribution is 6.30. The van der Waals surface area contributed by atoms with E-state index in [4.69, 9.17) is 11.6 Å². The van der Waals surface area contributed by atoms with E-state index in [0.29, 0.717) is 23.4 Å². The molecule has 2 aliphatic rings. The molecule has 1 aromatic heterocycles. The van der Waals surface area contributed by atoms with Crippen LogP contribution in [0.2, 0.25) is 5.02 Å². The number of halogens is 1. The number of nitrogens with zero attached hydrogens (tertiary/aromatic N) is 2. The van der Waals surface area contributed by atoms with Gasteiger partial charge in [-0.05, 0) is 64.9 Å². The van der Waals surface area contributed by atoms with Crippen LogP contribution in [0.5, 0.6) is 0 Å². The summed E-state index contributed by atoms with van der Waals surface area (Å²) in [7, 11) is 0. The van der Waals surface area contributed by atoms with Gasteiger partial charge in [-0.25, -0.2) is 0 Å². The van der Waals surface area contributed by atoms with Crippen LogP contribution in [0.15, 0.2) is 60.9 Å². The summed E-state index contributed by atoms with van der Waals surface area (Å²) < 4.78 is 0. The van der Waals surface area contributed by atoms with E-state index in [9.17, 15) is 9.90 Å². The highest BCUT2D eigenvalue weighted by Gasteiger charge is 2.38. The Bertz CT molecular complexity index is 1080. The summed E-state index contributed by atoms with van der Waals surface area (Å²) >= 11 is 6.25. The molecule has 4 nitrogen and oxygen atoms in total. The smallest absolute Gasteiger partial charge is 0.227 e. The third kappa shape index (κ3) is 2.56. The van der Waals surface area contributed by atoms with Crippen molar-refractivity contribution in [3.63, 3.8) is 0 Å². The maximum Gasteiger partial charge on any atom is 0.227 e. The molecule has 5 rings (SSSR count). The van der Waals surface area contributed by atoms with Gasteiger partial charge in [-0.2, -0.15) is 0 Å². The topological polar surface area (TPSA) is 53.4 Å². The third-order valence-electron chi connectivity index (χ3n) is 5.81. The predicted octanol–water partition coefficient (Wildman–Crippen LogP) is 3.85. The number of carbonyl (C=O) groups excluding carboxylic acids is 1. The van der Waals surface area contributed by atoms with Crippen molar-refractivity contribution in [3.8, 4) is 0 Å². The summed E-state index contributed by atoms with van der Waals surface area (Å²) in [6, 6.07) is 15.1. The number of amides is 1. The zero-order valence-corrected chi connectivity index (χ0v) is 16.0. The number of carbonyl (C=O) groups is 1. The Morgan fingerprint density at radius 2 is 1.68 bits per heavy atom. The van der Waals surface area contributed by atoms with Crippen LogP contribution >= 0.6 is 11.6 Å². The Morgan fingerprint density at radius 1 is 0.929 bits per heavy atom. The van der Waals surface area contributed by atoms with Gasteiger partial charge in [0, 0.05) is 30.4 Å². The van der Waals surface area contributed by atoms with E-state index in [1.54, 1.807) is 24.5 Å². The molecule has 140 valence electrons. The van der Waals surface area contributed by atoms with E-state index in [-0.39, 0.29) is 5.91 Å². The van der Waals surface area contributed by atoms with Crippen LogP contribution in [0.25, 0.3) is 0 Å². The molecular weight excluding hydrogens is 372 g/mol. The Kier molecular flexibility index (Phi) is 4.00. The van der Waals surface area contributed by atoms with Crippen LogP contribution < -0.4 is 4.90 Å². The Balaban J connectivity index is 1.75. The molecule has 1 amide bonds. The number of aliphatic hydroxyl groups is 1. The number of benzene rings is 2. The first-order valence-electron chi connectivity index (χ1n) is 9.43. The lowest BCUT2D eigenvalue weighted by atomic mass is 9.79. The molecule has 0 saturated heterocycles. The van der Waals surface area contributed by atoms with Crippen molar-refractivity contribution in [3.05, 3.63) is 93.8 Å². The van der Waals surface area contributed by atoms with Crippen molar-refractivity contribution < 1.29 is 9.90 Å². The van der Waals surface area contributed by atoms with Crippen LogP contribution in [-0.2, 0) is 23.2 Å². The predicted molar refractivity (Wildman–Crippen MR) is 109 cm³/mol. The van der Waals surface area contributed by atoms with Gasteiger partial charge in [0.1, 0.15) is 5.60 Å². The van der Waals surface area contributed by atoms with Crippen molar-refractivity contribution in [1.82, 2.24) is 4.98 Å². The van der Waals surface area contributed by atoms with Crippen molar-refractivity contribution in [2.45, 2.75) is 24.9 Å². The molecule has 0 spiro atoms. The minimum atomic E-state index is -1.35. The Hall–Kier alpha value is -2.69. The minimum absolute atomic E-state index is 0.193. The minimum Gasteiger partial charge on any atom is -0.376 e. The summed E-state index contributed by atoms with van der Waals surface area (Å²) in [6.07, 6.45) is 5.39. The SMILES string of the molecule is O=C1CCc2cc(C(O)(c3ccncc3)c3cccc(Cl)c3)cc3c2N1CC3. The van der Waals surface area contributed by atoms with E-state index in [1.165, 1.54) is 0 Å². The molecule has 2 aliphatic heterocycles. The lowest BCUT2D eigenvalue weighted by Gasteiger charge is -2.32. The molecule has 1 N–H and O–H groups in total. The highest BCUT2D eigenvalue weighted by atomic mass is 35.5. The summed E-state index contributed by atoms with van der Waals surface area (Å²) in [5.41, 5.74) is 4.18. The molecule has 0 bridgehead atoms. The van der Waals surface area contributed by atoms with Gasteiger partial charge in [-0.3, -0.25) is 9.78 Å². The molecule has 0 saturated carbocycles. The van der Waals surface area contributed by atoms with Gasteiger partial charge in [-0.15, -0.1) is 0 Å². The van der Waals surface area contributed by atoms with E-state index < -0.39 is 5.60 Å². The number of rotatable bonds is 3. The number of hydrogen-bond donors (Lipinski definition) is 1. The fourth-order valence-corrected chi connectivity index (χ4v) is 4.66. The van der Waals surface area contributed by atoms with Crippen molar-refractivity contribution >= 4 is 23.2 Å². The second kappa shape index (κ2) is 6.43. The zero-order valence-electron chi connectivity index (χ0n) is 15.2. The molecule has 0 radical (unpaired) electrons. The molecule has 28 heavy (non-hydrogen) atoms. The van der Waals surface area contributed by atoms with Crippen LogP contribution in [-0.4, -0.2) is 22.5 Å². The molecule has 3 heterocycles. The fourth-order valence-electron chi connectivity index (χ4n) is 4.47. The van der Waals surface area contributed by atoms with Gasteiger partial charge >= 0.3 is 0 Å². The molecule has 3 aromatic rings. The number of anilines is 1. The largest absolute Gasteiger partial charge is 0.376 e. The molecule has 2 aromatic carbocycles. The molecule has 1 atom stereocenters. The van der Waals surface area contributed by atoms with Gasteiger partial charge in [0.25, 0.3) is 0 Å². The number of pyridine rings is 1. The van der Waals surface area contributed by atoms with Gasteiger partial charge < -0.3 is 10.0 Å². The summed E-state index contributed by atoms with van der Waals surface area (Å²) in [5.74, 6) is 0.193. The molecular formula is C23H19ClN2O2. The monoisotopic (exact) mass is 390 g/mol. The zero-order chi connectivity index (χ0) is 19.3.